The van der Waals surface area contributed by atoms with Gasteiger partial charge in [-0.05, 0) is 31.4 Å². The van der Waals surface area contributed by atoms with E-state index in [1.54, 1.807) is 24.3 Å². The maximum Gasteiger partial charge on any atom is 0.326 e. The summed E-state index contributed by atoms with van der Waals surface area (Å²) in [4.78, 5) is 49.1. The van der Waals surface area contributed by atoms with Crippen molar-refractivity contribution in [1.82, 2.24) is 10.2 Å². The lowest BCUT2D eigenvalue weighted by molar-refractivity contribution is -0.156. The first kappa shape index (κ1) is 16.2. The summed E-state index contributed by atoms with van der Waals surface area (Å²) >= 11 is 0. The molecule has 0 unspecified atom stereocenters. The van der Waals surface area contributed by atoms with Crippen LogP contribution in [0.4, 0.5) is 0 Å². The van der Waals surface area contributed by atoms with Crippen LogP contribution in [0.5, 0.6) is 0 Å². The van der Waals surface area contributed by atoms with Crippen molar-refractivity contribution in [3.05, 3.63) is 35.4 Å². The normalized spacial score (nSPS) is 18.0. The summed E-state index contributed by atoms with van der Waals surface area (Å²) in [6, 6.07) is 6.95. The number of ether oxygens (including phenoxy) is 1. The van der Waals surface area contributed by atoms with Crippen molar-refractivity contribution in [1.29, 1.82) is 0 Å². The van der Waals surface area contributed by atoms with E-state index in [9.17, 15) is 19.2 Å². The van der Waals surface area contributed by atoms with Crippen LogP contribution in [0, 0.1) is 0 Å². The third kappa shape index (κ3) is 3.45. The number of nitrogens with zero attached hydrogens (tertiary/aromatic N) is 1. The number of carbonyl (C=O) groups is 4. The van der Waals surface area contributed by atoms with Crippen molar-refractivity contribution in [3.63, 3.8) is 0 Å². The zero-order valence-electron chi connectivity index (χ0n) is 13.3. The molecule has 1 aliphatic carbocycles. The van der Waals surface area contributed by atoms with Gasteiger partial charge in [0.1, 0.15) is 6.54 Å². The number of rotatable bonds is 5. The van der Waals surface area contributed by atoms with E-state index in [4.69, 9.17) is 4.74 Å². The first-order valence-corrected chi connectivity index (χ1v) is 7.88. The van der Waals surface area contributed by atoms with Crippen LogP contribution in [-0.4, -0.2) is 47.3 Å². The van der Waals surface area contributed by atoms with Crippen LogP contribution in [0.15, 0.2) is 24.3 Å². The standard InChI is InChI=1S/C17H18N2O5/c1-10(16(22)18-12-6-7-12)24-15(21)9-19-14(20)8-11-4-2-3-5-13(11)17(19)23/h2-5,10,12H,6-9H2,1H3,(H,18,22)/t10-/m1/s1. The molecule has 3 amide bonds. The lowest BCUT2D eigenvalue weighted by Gasteiger charge is -2.26. The quantitative estimate of drug-likeness (QED) is 0.624. The monoisotopic (exact) mass is 330 g/mol. The number of hydrogen-bond acceptors (Lipinski definition) is 5. The van der Waals surface area contributed by atoms with E-state index in [1.807, 2.05) is 0 Å². The third-order valence-corrected chi connectivity index (χ3v) is 4.02. The van der Waals surface area contributed by atoms with E-state index >= 15 is 0 Å². The van der Waals surface area contributed by atoms with Gasteiger partial charge >= 0.3 is 5.97 Å². The minimum atomic E-state index is -0.958. The summed E-state index contributed by atoms with van der Waals surface area (Å²) in [6.45, 7) is 0.970. The second-order valence-corrected chi connectivity index (χ2v) is 6.03. The molecule has 1 N–H and O–H groups in total. The summed E-state index contributed by atoms with van der Waals surface area (Å²) in [5.74, 6) is -2.12. The van der Waals surface area contributed by atoms with Crippen molar-refractivity contribution in [2.24, 2.45) is 0 Å². The zero-order chi connectivity index (χ0) is 17.3. The minimum Gasteiger partial charge on any atom is -0.451 e. The van der Waals surface area contributed by atoms with E-state index < -0.39 is 30.4 Å². The number of nitrogens with one attached hydrogen (secondary N) is 1. The molecular formula is C17H18N2O5. The van der Waals surface area contributed by atoms with E-state index in [2.05, 4.69) is 5.32 Å². The van der Waals surface area contributed by atoms with Crippen molar-refractivity contribution >= 4 is 23.7 Å². The van der Waals surface area contributed by atoms with Gasteiger partial charge in [0.25, 0.3) is 11.8 Å². The molecule has 0 radical (unpaired) electrons. The topological polar surface area (TPSA) is 92.8 Å². The Balaban J connectivity index is 1.60. The van der Waals surface area contributed by atoms with Gasteiger partial charge in [0.05, 0.1) is 6.42 Å². The summed E-state index contributed by atoms with van der Waals surface area (Å²) < 4.78 is 5.03. The maximum atomic E-state index is 12.4. The molecule has 1 fully saturated rings. The molecule has 7 heteroatoms. The molecule has 1 aromatic rings. The highest BCUT2D eigenvalue weighted by atomic mass is 16.5. The molecule has 126 valence electrons. The molecule has 1 aliphatic heterocycles. The fraction of sp³-hybridized carbons (Fsp3) is 0.412. The van der Waals surface area contributed by atoms with Crippen molar-refractivity contribution in [3.8, 4) is 0 Å². The molecular weight excluding hydrogens is 312 g/mol. The second kappa shape index (κ2) is 6.43. The summed E-state index contributed by atoms with van der Waals surface area (Å²) in [5, 5.41) is 2.73. The molecule has 1 heterocycles. The Kier molecular flexibility index (Phi) is 4.33. The van der Waals surface area contributed by atoms with Gasteiger partial charge in [0.15, 0.2) is 6.10 Å². The van der Waals surface area contributed by atoms with Gasteiger partial charge in [0.2, 0.25) is 5.91 Å². The molecule has 1 aromatic carbocycles. The number of fused-ring (bicyclic) bond motifs is 1. The molecule has 1 atom stereocenters. The number of imide groups is 1. The van der Waals surface area contributed by atoms with Crippen molar-refractivity contribution < 1.29 is 23.9 Å². The van der Waals surface area contributed by atoms with Crippen molar-refractivity contribution in [2.75, 3.05) is 6.54 Å². The first-order chi connectivity index (χ1) is 11.5. The van der Waals surface area contributed by atoms with Crippen LogP contribution >= 0.6 is 0 Å². The summed E-state index contributed by atoms with van der Waals surface area (Å²) in [5.41, 5.74) is 1.05. The Bertz CT molecular complexity index is 711. The SMILES string of the molecule is C[C@@H](OC(=O)CN1C(=O)Cc2ccccc2C1=O)C(=O)NC1CC1. The second-order valence-electron chi connectivity index (χ2n) is 6.03. The molecule has 2 aliphatic rings. The van der Waals surface area contributed by atoms with E-state index in [-0.39, 0.29) is 18.4 Å². The number of benzene rings is 1. The maximum absolute atomic E-state index is 12.4. The van der Waals surface area contributed by atoms with Gasteiger partial charge < -0.3 is 10.1 Å². The zero-order valence-corrected chi connectivity index (χ0v) is 13.3. The van der Waals surface area contributed by atoms with E-state index in [0.717, 1.165) is 17.7 Å². The van der Waals surface area contributed by atoms with Crippen molar-refractivity contribution in [2.45, 2.75) is 38.3 Å². The van der Waals surface area contributed by atoms with Crippen LogP contribution in [0.1, 0.15) is 35.7 Å². The van der Waals surface area contributed by atoms with Gasteiger partial charge in [0, 0.05) is 11.6 Å². The fourth-order valence-electron chi connectivity index (χ4n) is 2.52. The summed E-state index contributed by atoms with van der Waals surface area (Å²) in [6.07, 6.45) is 0.971. The highest BCUT2D eigenvalue weighted by Gasteiger charge is 2.33. The Morgan fingerprint density at radius 1 is 1.29 bits per heavy atom. The lowest BCUT2D eigenvalue weighted by atomic mass is 9.98. The molecule has 0 bridgehead atoms. The molecule has 0 spiro atoms. The number of hydrogen-bond donors (Lipinski definition) is 1. The van der Waals surface area contributed by atoms with Gasteiger partial charge in [-0.1, -0.05) is 18.2 Å². The predicted molar refractivity (Wildman–Crippen MR) is 82.9 cm³/mol. The Morgan fingerprint density at radius 3 is 2.71 bits per heavy atom. The van der Waals surface area contributed by atoms with Gasteiger partial charge in [-0.2, -0.15) is 0 Å². The Hall–Kier alpha value is -2.70. The highest BCUT2D eigenvalue weighted by molar-refractivity contribution is 6.11. The minimum absolute atomic E-state index is 0.0624. The smallest absolute Gasteiger partial charge is 0.326 e. The first-order valence-electron chi connectivity index (χ1n) is 7.88. The van der Waals surface area contributed by atoms with Gasteiger partial charge in [-0.3, -0.25) is 24.1 Å². The van der Waals surface area contributed by atoms with Crippen LogP contribution in [-0.2, 0) is 25.5 Å². The summed E-state index contributed by atoms with van der Waals surface area (Å²) in [7, 11) is 0. The van der Waals surface area contributed by atoms with Gasteiger partial charge in [-0.25, -0.2) is 0 Å². The molecule has 1 saturated carbocycles. The predicted octanol–water partition coefficient (Wildman–Crippen LogP) is 0.422. The number of esters is 1. The van der Waals surface area contributed by atoms with E-state index in [1.165, 1.54) is 6.92 Å². The average molecular weight is 330 g/mol. The largest absolute Gasteiger partial charge is 0.451 e. The van der Waals surface area contributed by atoms with Crippen LogP contribution < -0.4 is 5.32 Å². The molecule has 0 saturated heterocycles. The third-order valence-electron chi connectivity index (χ3n) is 4.02. The molecule has 24 heavy (non-hydrogen) atoms. The molecule has 7 nitrogen and oxygen atoms in total. The van der Waals surface area contributed by atoms with E-state index in [0.29, 0.717) is 11.1 Å². The average Bonchev–Trinajstić information content (AvgIpc) is 3.35. The molecule has 3 rings (SSSR count). The molecule has 0 aromatic heterocycles. The van der Waals surface area contributed by atoms with Gasteiger partial charge in [-0.15, -0.1) is 0 Å². The fourth-order valence-corrected chi connectivity index (χ4v) is 2.52. The Labute approximate surface area is 139 Å². The lowest BCUT2D eigenvalue weighted by Crippen LogP contribution is -2.46. The Morgan fingerprint density at radius 2 is 2.00 bits per heavy atom. The van der Waals surface area contributed by atoms with Crippen LogP contribution in [0.3, 0.4) is 0 Å². The van der Waals surface area contributed by atoms with Crippen LogP contribution in [0.2, 0.25) is 0 Å². The highest BCUT2D eigenvalue weighted by Crippen LogP contribution is 2.20. The number of carbonyl (C=O) groups excluding carboxylic acids is 4. The van der Waals surface area contributed by atoms with Crippen LogP contribution in [0.25, 0.3) is 0 Å². The number of amides is 3.